The van der Waals surface area contributed by atoms with Crippen LogP contribution in [0.2, 0.25) is 0 Å². The molecule has 1 heterocycles. The lowest BCUT2D eigenvalue weighted by atomic mass is 9.74. The highest BCUT2D eigenvalue weighted by atomic mass is 16.1. The molecule has 0 spiro atoms. The fraction of sp³-hybridized carbons (Fsp3) is 0.846. The zero-order chi connectivity index (χ0) is 12.6. The Balaban J connectivity index is 2.83. The molecule has 0 radical (unpaired) electrons. The van der Waals surface area contributed by atoms with E-state index in [9.17, 15) is 4.79 Å². The number of hydrogen-bond donors (Lipinski definition) is 0. The van der Waals surface area contributed by atoms with Gasteiger partial charge in [0.15, 0.2) is 0 Å². The zero-order valence-electron chi connectivity index (χ0n) is 11.4. The van der Waals surface area contributed by atoms with Gasteiger partial charge in [-0.3, -0.25) is 9.69 Å². The van der Waals surface area contributed by atoms with Crippen LogP contribution in [0.3, 0.4) is 0 Å². The van der Waals surface area contributed by atoms with E-state index in [4.69, 9.17) is 0 Å². The average molecular weight is 224 g/mol. The summed E-state index contributed by atoms with van der Waals surface area (Å²) in [5.74, 6) is 0.305. The molecule has 0 bridgehead atoms. The van der Waals surface area contributed by atoms with Crippen molar-refractivity contribution in [1.82, 2.24) is 4.90 Å². The van der Waals surface area contributed by atoms with Crippen LogP contribution in [0.4, 0.5) is 0 Å². The molecule has 3 nitrogen and oxygen atoms in total. The molecule has 1 aliphatic rings. The first-order chi connectivity index (χ1) is 7.15. The molecule has 92 valence electrons. The van der Waals surface area contributed by atoms with Gasteiger partial charge in [0.1, 0.15) is 0 Å². The van der Waals surface area contributed by atoms with Crippen LogP contribution in [0.1, 0.15) is 47.5 Å². The lowest BCUT2D eigenvalue weighted by Gasteiger charge is -2.53. The summed E-state index contributed by atoms with van der Waals surface area (Å²) in [6, 6.07) is 0. The maximum absolute atomic E-state index is 10.9. The predicted octanol–water partition coefficient (Wildman–Crippen LogP) is 2.50. The molecule has 1 rings (SSSR count). The van der Waals surface area contributed by atoms with Gasteiger partial charge < -0.3 is 0 Å². The molecule has 0 unspecified atom stereocenters. The molecular formula is C13H24N2O. The minimum atomic E-state index is -0.102. The van der Waals surface area contributed by atoms with Crippen molar-refractivity contribution in [3.8, 4) is 0 Å². The number of hydrogen-bond acceptors (Lipinski definition) is 2. The van der Waals surface area contributed by atoms with Crippen molar-refractivity contribution in [3.63, 3.8) is 0 Å². The standard InChI is InChI=1S/C13H24N2O/c1-10(16)14-9-11-7-12(2,3)15(6)13(4,5)8-11/h9,11H,7-8H2,1-6H3. The van der Waals surface area contributed by atoms with Crippen LogP contribution in [0, 0.1) is 5.92 Å². The normalized spacial score (nSPS) is 26.1. The molecule has 3 heteroatoms. The number of amides is 1. The van der Waals surface area contributed by atoms with Gasteiger partial charge in [-0.25, -0.2) is 4.99 Å². The molecule has 1 amide bonds. The van der Waals surface area contributed by atoms with Crippen molar-refractivity contribution in [2.75, 3.05) is 7.05 Å². The third-order valence-corrected chi connectivity index (χ3v) is 3.81. The third-order valence-electron chi connectivity index (χ3n) is 3.81. The van der Waals surface area contributed by atoms with Crippen LogP contribution in [0.15, 0.2) is 4.99 Å². The Morgan fingerprint density at radius 1 is 1.25 bits per heavy atom. The van der Waals surface area contributed by atoms with Crippen LogP contribution in [-0.4, -0.2) is 35.1 Å². The first kappa shape index (κ1) is 13.4. The van der Waals surface area contributed by atoms with E-state index >= 15 is 0 Å². The molecule has 0 atom stereocenters. The SMILES string of the molecule is CC(=O)N=CC1CC(C)(C)N(C)C(C)(C)C1. The quantitative estimate of drug-likeness (QED) is 0.641. The van der Waals surface area contributed by atoms with Crippen molar-refractivity contribution in [2.45, 2.75) is 58.5 Å². The van der Waals surface area contributed by atoms with E-state index in [1.54, 1.807) is 0 Å². The monoisotopic (exact) mass is 224 g/mol. The first-order valence-electron chi connectivity index (χ1n) is 5.94. The smallest absolute Gasteiger partial charge is 0.242 e. The van der Waals surface area contributed by atoms with Gasteiger partial charge in [-0.05, 0) is 53.5 Å². The molecule has 1 aliphatic heterocycles. The highest BCUT2D eigenvalue weighted by Crippen LogP contribution is 2.39. The van der Waals surface area contributed by atoms with Crippen molar-refractivity contribution in [3.05, 3.63) is 0 Å². The Bertz CT molecular complexity index is 287. The number of nitrogens with zero attached hydrogens (tertiary/aromatic N) is 2. The molecule has 0 aromatic rings. The van der Waals surface area contributed by atoms with Crippen molar-refractivity contribution < 1.29 is 4.79 Å². The van der Waals surface area contributed by atoms with Gasteiger partial charge in [-0.1, -0.05) is 0 Å². The highest BCUT2D eigenvalue weighted by Gasteiger charge is 2.42. The van der Waals surface area contributed by atoms with Gasteiger partial charge in [0.25, 0.3) is 0 Å². The lowest BCUT2D eigenvalue weighted by molar-refractivity contribution is -0.115. The fourth-order valence-corrected chi connectivity index (χ4v) is 2.76. The van der Waals surface area contributed by atoms with Gasteiger partial charge >= 0.3 is 0 Å². The van der Waals surface area contributed by atoms with E-state index in [0.29, 0.717) is 5.92 Å². The number of piperidine rings is 1. The number of carbonyl (C=O) groups is 1. The lowest BCUT2D eigenvalue weighted by Crippen LogP contribution is -2.58. The molecule has 0 aromatic heterocycles. The van der Waals surface area contributed by atoms with E-state index in [1.807, 2.05) is 6.21 Å². The summed E-state index contributed by atoms with van der Waals surface area (Å²) < 4.78 is 0. The second-order valence-corrected chi connectivity index (χ2v) is 6.15. The average Bonchev–Trinajstić information content (AvgIpc) is 2.10. The van der Waals surface area contributed by atoms with Crippen molar-refractivity contribution >= 4 is 12.1 Å². The number of likely N-dealkylation sites (tertiary alicyclic amines) is 1. The minimum absolute atomic E-state index is 0.102. The summed E-state index contributed by atoms with van der Waals surface area (Å²) in [6.45, 7) is 10.5. The van der Waals surface area contributed by atoms with Gasteiger partial charge in [0, 0.05) is 24.2 Å². The molecule has 1 saturated heterocycles. The fourth-order valence-electron chi connectivity index (χ4n) is 2.76. The third kappa shape index (κ3) is 2.91. The summed E-state index contributed by atoms with van der Waals surface area (Å²) in [5, 5.41) is 0. The van der Waals surface area contributed by atoms with Gasteiger partial charge in [-0.15, -0.1) is 0 Å². The predicted molar refractivity (Wildman–Crippen MR) is 67.8 cm³/mol. The van der Waals surface area contributed by atoms with E-state index in [-0.39, 0.29) is 17.0 Å². The summed E-state index contributed by atoms with van der Waals surface area (Å²) in [5.41, 5.74) is 0.324. The van der Waals surface area contributed by atoms with E-state index in [0.717, 1.165) is 12.8 Å². The summed E-state index contributed by atoms with van der Waals surface area (Å²) >= 11 is 0. The second-order valence-electron chi connectivity index (χ2n) is 6.15. The minimum Gasteiger partial charge on any atom is -0.296 e. The highest BCUT2D eigenvalue weighted by molar-refractivity contribution is 5.83. The first-order valence-corrected chi connectivity index (χ1v) is 5.94. The van der Waals surface area contributed by atoms with Crippen LogP contribution in [0.5, 0.6) is 0 Å². The van der Waals surface area contributed by atoms with Crippen molar-refractivity contribution in [1.29, 1.82) is 0 Å². The summed E-state index contributed by atoms with van der Waals surface area (Å²) in [4.78, 5) is 17.2. The Hall–Kier alpha value is -0.700. The Morgan fingerprint density at radius 3 is 2.06 bits per heavy atom. The number of aliphatic imine (C=N–C) groups is 1. The molecular weight excluding hydrogens is 200 g/mol. The van der Waals surface area contributed by atoms with Gasteiger partial charge in [-0.2, -0.15) is 0 Å². The maximum atomic E-state index is 10.9. The summed E-state index contributed by atoms with van der Waals surface area (Å²) in [6.07, 6.45) is 3.96. The largest absolute Gasteiger partial charge is 0.296 e. The topological polar surface area (TPSA) is 32.7 Å². The van der Waals surface area contributed by atoms with Crippen molar-refractivity contribution in [2.24, 2.45) is 10.9 Å². The van der Waals surface area contributed by atoms with Crippen LogP contribution >= 0.6 is 0 Å². The Labute approximate surface area is 98.9 Å². The molecule has 16 heavy (non-hydrogen) atoms. The molecule has 0 aliphatic carbocycles. The maximum Gasteiger partial charge on any atom is 0.242 e. The van der Waals surface area contributed by atoms with E-state index in [2.05, 4.69) is 44.6 Å². The van der Waals surface area contributed by atoms with Crippen LogP contribution in [0.25, 0.3) is 0 Å². The Morgan fingerprint density at radius 2 is 1.69 bits per heavy atom. The summed E-state index contributed by atoms with van der Waals surface area (Å²) in [7, 11) is 2.18. The number of carbonyl (C=O) groups excluding carboxylic acids is 1. The molecule has 0 saturated carbocycles. The molecule has 0 N–H and O–H groups in total. The van der Waals surface area contributed by atoms with Crippen LogP contribution in [-0.2, 0) is 4.79 Å². The number of rotatable bonds is 1. The zero-order valence-corrected chi connectivity index (χ0v) is 11.4. The van der Waals surface area contributed by atoms with Gasteiger partial charge in [0.05, 0.1) is 0 Å². The van der Waals surface area contributed by atoms with Crippen LogP contribution < -0.4 is 0 Å². The second kappa shape index (κ2) is 4.28. The van der Waals surface area contributed by atoms with E-state index < -0.39 is 0 Å². The Kier molecular flexibility index (Phi) is 3.58. The van der Waals surface area contributed by atoms with E-state index in [1.165, 1.54) is 6.92 Å². The molecule has 0 aromatic carbocycles. The molecule has 1 fully saturated rings. The van der Waals surface area contributed by atoms with Gasteiger partial charge in [0.2, 0.25) is 5.91 Å².